The maximum absolute atomic E-state index is 12.7. The smallest absolute Gasteiger partial charge is 0.255 e. The molecule has 0 unspecified atom stereocenters. The molecular formula is C18H18ClN3O3S. The Hall–Kier alpha value is -2.35. The molecule has 0 aliphatic rings. The van der Waals surface area contributed by atoms with E-state index >= 15 is 0 Å². The van der Waals surface area contributed by atoms with Crippen molar-refractivity contribution < 1.29 is 13.2 Å². The van der Waals surface area contributed by atoms with Crippen molar-refractivity contribution in [3.63, 3.8) is 0 Å². The zero-order valence-corrected chi connectivity index (χ0v) is 16.1. The lowest BCUT2D eigenvalue weighted by Gasteiger charge is -2.14. The highest BCUT2D eigenvalue weighted by Crippen LogP contribution is 2.27. The van der Waals surface area contributed by atoms with Crippen LogP contribution >= 0.6 is 11.6 Å². The standard InChI is InChI=1S/C18H18ClN3O3S/c1-21(2)26(24,25)17-11-12(7-8-14(17)19)18(23)20-15-5-4-6-16-13(15)9-10-22(16)3/h4-11H,1-3H3,(H,20,23). The first-order chi connectivity index (χ1) is 12.2. The molecule has 1 aromatic heterocycles. The quantitative estimate of drug-likeness (QED) is 0.741. The van der Waals surface area contributed by atoms with E-state index in [-0.39, 0.29) is 15.5 Å². The van der Waals surface area contributed by atoms with Crippen molar-refractivity contribution in [2.45, 2.75) is 4.90 Å². The summed E-state index contributed by atoms with van der Waals surface area (Å²) >= 11 is 6.03. The maximum Gasteiger partial charge on any atom is 0.255 e. The number of benzene rings is 2. The maximum atomic E-state index is 12.7. The largest absolute Gasteiger partial charge is 0.350 e. The lowest BCUT2D eigenvalue weighted by Crippen LogP contribution is -2.23. The fraction of sp³-hybridized carbons (Fsp3) is 0.167. The third-order valence-electron chi connectivity index (χ3n) is 4.13. The van der Waals surface area contributed by atoms with Crippen molar-refractivity contribution in [1.82, 2.24) is 8.87 Å². The summed E-state index contributed by atoms with van der Waals surface area (Å²) in [5.74, 6) is -0.409. The van der Waals surface area contributed by atoms with Gasteiger partial charge in [-0.25, -0.2) is 12.7 Å². The van der Waals surface area contributed by atoms with Crippen LogP contribution in [0.4, 0.5) is 5.69 Å². The minimum Gasteiger partial charge on any atom is -0.350 e. The van der Waals surface area contributed by atoms with Gasteiger partial charge in [-0.3, -0.25) is 4.79 Å². The van der Waals surface area contributed by atoms with Crippen LogP contribution in [0, 0.1) is 0 Å². The van der Waals surface area contributed by atoms with Gasteiger partial charge in [-0.1, -0.05) is 17.7 Å². The van der Waals surface area contributed by atoms with Crippen LogP contribution in [0.25, 0.3) is 10.9 Å². The summed E-state index contributed by atoms with van der Waals surface area (Å²) in [5.41, 5.74) is 1.85. The second-order valence-corrected chi connectivity index (χ2v) is 8.58. The fourth-order valence-electron chi connectivity index (χ4n) is 2.64. The van der Waals surface area contributed by atoms with E-state index in [0.717, 1.165) is 15.2 Å². The molecule has 0 saturated heterocycles. The van der Waals surface area contributed by atoms with Gasteiger partial charge >= 0.3 is 0 Å². The molecule has 0 atom stereocenters. The lowest BCUT2D eigenvalue weighted by atomic mass is 10.2. The van der Waals surface area contributed by atoms with E-state index in [1.54, 1.807) is 6.07 Å². The summed E-state index contributed by atoms with van der Waals surface area (Å²) in [4.78, 5) is 12.6. The monoisotopic (exact) mass is 391 g/mol. The van der Waals surface area contributed by atoms with Gasteiger partial charge in [-0.15, -0.1) is 0 Å². The number of amides is 1. The topological polar surface area (TPSA) is 71.4 Å². The van der Waals surface area contributed by atoms with Gasteiger partial charge in [-0.05, 0) is 36.4 Å². The highest BCUT2D eigenvalue weighted by molar-refractivity contribution is 7.89. The molecule has 3 rings (SSSR count). The highest BCUT2D eigenvalue weighted by atomic mass is 35.5. The summed E-state index contributed by atoms with van der Waals surface area (Å²) in [6.07, 6.45) is 1.91. The summed E-state index contributed by atoms with van der Waals surface area (Å²) in [6.45, 7) is 0. The second-order valence-electron chi connectivity index (χ2n) is 6.05. The molecule has 0 aliphatic heterocycles. The molecule has 0 bridgehead atoms. The van der Waals surface area contributed by atoms with Gasteiger partial charge in [0.15, 0.2) is 0 Å². The molecular weight excluding hydrogens is 374 g/mol. The average molecular weight is 392 g/mol. The molecule has 0 spiro atoms. The van der Waals surface area contributed by atoms with Crippen LogP contribution in [0.15, 0.2) is 53.6 Å². The number of aryl methyl sites for hydroxylation is 1. The Morgan fingerprint density at radius 1 is 1.15 bits per heavy atom. The molecule has 1 heterocycles. The number of nitrogens with zero attached hydrogens (tertiary/aromatic N) is 2. The summed E-state index contributed by atoms with van der Waals surface area (Å²) in [6, 6.07) is 11.7. The molecule has 0 aliphatic carbocycles. The Morgan fingerprint density at radius 3 is 2.58 bits per heavy atom. The number of anilines is 1. The molecule has 8 heteroatoms. The predicted octanol–water partition coefficient (Wildman–Crippen LogP) is 3.33. The first-order valence-electron chi connectivity index (χ1n) is 7.79. The summed E-state index contributed by atoms with van der Waals surface area (Å²) < 4.78 is 27.8. The van der Waals surface area contributed by atoms with Gasteiger partial charge in [0, 0.05) is 43.8 Å². The number of carbonyl (C=O) groups excluding carboxylic acids is 1. The van der Waals surface area contributed by atoms with Crippen LogP contribution in [-0.4, -0.2) is 37.3 Å². The van der Waals surface area contributed by atoms with Crippen LogP contribution in [-0.2, 0) is 17.1 Å². The number of sulfonamides is 1. The molecule has 3 aromatic rings. The minimum absolute atomic E-state index is 0.0698. The molecule has 1 amide bonds. The molecule has 2 aromatic carbocycles. The number of hydrogen-bond acceptors (Lipinski definition) is 3. The summed E-state index contributed by atoms with van der Waals surface area (Å²) in [7, 11) is 0.995. The Bertz CT molecular complexity index is 1100. The minimum atomic E-state index is -3.75. The van der Waals surface area contributed by atoms with Gasteiger partial charge in [0.25, 0.3) is 5.91 Å². The first-order valence-corrected chi connectivity index (χ1v) is 9.61. The molecule has 26 heavy (non-hydrogen) atoms. The van der Waals surface area contributed by atoms with E-state index in [1.165, 1.54) is 32.3 Å². The van der Waals surface area contributed by atoms with Gasteiger partial charge < -0.3 is 9.88 Å². The Balaban J connectivity index is 1.98. The van der Waals surface area contributed by atoms with Crippen molar-refractivity contribution in [1.29, 1.82) is 0 Å². The van der Waals surface area contributed by atoms with Crippen LogP contribution in [0.1, 0.15) is 10.4 Å². The van der Waals surface area contributed by atoms with Crippen molar-refractivity contribution in [2.24, 2.45) is 7.05 Å². The number of fused-ring (bicyclic) bond motifs is 1. The Morgan fingerprint density at radius 2 is 1.88 bits per heavy atom. The SMILES string of the molecule is CN(C)S(=O)(=O)c1cc(C(=O)Nc2cccc3c2ccn3C)ccc1Cl. The van der Waals surface area contributed by atoms with E-state index in [1.807, 2.05) is 36.0 Å². The average Bonchev–Trinajstić information content (AvgIpc) is 2.97. The number of hydrogen-bond donors (Lipinski definition) is 1. The second kappa shape index (κ2) is 6.75. The van der Waals surface area contributed by atoms with Crippen molar-refractivity contribution in [3.05, 3.63) is 59.2 Å². The fourth-order valence-corrected chi connectivity index (χ4v) is 4.04. The van der Waals surface area contributed by atoms with E-state index in [2.05, 4.69) is 5.32 Å². The lowest BCUT2D eigenvalue weighted by molar-refractivity contribution is 0.102. The number of halogens is 1. The Kier molecular flexibility index (Phi) is 4.79. The number of rotatable bonds is 4. The molecule has 6 nitrogen and oxygen atoms in total. The van der Waals surface area contributed by atoms with Crippen LogP contribution in [0.2, 0.25) is 5.02 Å². The zero-order valence-electron chi connectivity index (χ0n) is 14.5. The van der Waals surface area contributed by atoms with E-state index in [9.17, 15) is 13.2 Å². The zero-order chi connectivity index (χ0) is 19.1. The Labute approximate surface area is 157 Å². The molecule has 1 N–H and O–H groups in total. The van der Waals surface area contributed by atoms with E-state index in [4.69, 9.17) is 11.6 Å². The van der Waals surface area contributed by atoms with Gasteiger partial charge in [0.2, 0.25) is 10.0 Å². The van der Waals surface area contributed by atoms with Crippen LogP contribution < -0.4 is 5.32 Å². The normalized spacial score (nSPS) is 11.9. The van der Waals surface area contributed by atoms with Crippen molar-refractivity contribution in [2.75, 3.05) is 19.4 Å². The van der Waals surface area contributed by atoms with E-state index in [0.29, 0.717) is 5.69 Å². The van der Waals surface area contributed by atoms with Gasteiger partial charge in [0.1, 0.15) is 4.90 Å². The molecule has 0 saturated carbocycles. The number of aromatic nitrogens is 1. The molecule has 0 fully saturated rings. The third-order valence-corrected chi connectivity index (χ3v) is 6.42. The van der Waals surface area contributed by atoms with Crippen molar-refractivity contribution >= 4 is 44.1 Å². The predicted molar refractivity (Wildman–Crippen MR) is 103 cm³/mol. The number of carbonyl (C=O) groups is 1. The summed E-state index contributed by atoms with van der Waals surface area (Å²) in [5, 5.41) is 3.81. The number of nitrogens with one attached hydrogen (secondary N) is 1. The van der Waals surface area contributed by atoms with E-state index < -0.39 is 15.9 Å². The van der Waals surface area contributed by atoms with Crippen molar-refractivity contribution in [3.8, 4) is 0 Å². The van der Waals surface area contributed by atoms with Gasteiger partial charge in [-0.2, -0.15) is 0 Å². The molecule has 0 radical (unpaired) electrons. The van der Waals surface area contributed by atoms with Crippen LogP contribution in [0.3, 0.4) is 0 Å². The third kappa shape index (κ3) is 3.21. The molecule has 136 valence electrons. The highest BCUT2D eigenvalue weighted by Gasteiger charge is 2.22. The first kappa shape index (κ1) is 18.4. The van der Waals surface area contributed by atoms with Gasteiger partial charge in [0.05, 0.1) is 10.7 Å². The van der Waals surface area contributed by atoms with Crippen LogP contribution in [0.5, 0.6) is 0 Å².